The molecule has 0 aliphatic heterocycles. The third kappa shape index (κ3) is 4.79. The van der Waals surface area contributed by atoms with E-state index < -0.39 is 0 Å². The minimum Gasteiger partial charge on any atom is -0.143 e. The van der Waals surface area contributed by atoms with Crippen molar-refractivity contribution in [1.82, 2.24) is 0 Å². The Labute approximate surface area is 127 Å². The van der Waals surface area contributed by atoms with Crippen molar-refractivity contribution in [1.29, 1.82) is 0 Å². The fourth-order valence-electron chi connectivity index (χ4n) is 2.02. The van der Waals surface area contributed by atoms with Crippen molar-refractivity contribution >= 4 is 12.6 Å². The van der Waals surface area contributed by atoms with E-state index in [0.29, 0.717) is 0 Å². The van der Waals surface area contributed by atoms with Crippen molar-refractivity contribution in [2.24, 2.45) is 0 Å². The molecule has 2 aromatic carbocycles. The monoisotopic (exact) mass is 280 g/mol. The normalized spacial score (nSPS) is 9.90. The van der Waals surface area contributed by atoms with Crippen molar-refractivity contribution in [3.05, 3.63) is 65.2 Å². The third-order valence-corrected chi connectivity index (χ3v) is 3.54. The van der Waals surface area contributed by atoms with E-state index in [1.165, 1.54) is 31.2 Å². The van der Waals surface area contributed by atoms with Gasteiger partial charge in [0.25, 0.3) is 0 Å². The molecule has 0 N–H and O–H groups in total. The molecule has 0 bridgehead atoms. The summed E-state index contributed by atoms with van der Waals surface area (Å²) in [6.45, 7) is 2.24. The van der Waals surface area contributed by atoms with Crippen molar-refractivity contribution in [3.8, 4) is 11.8 Å². The fraction of sp³-hybridized carbons (Fsp3) is 0.263. The summed E-state index contributed by atoms with van der Waals surface area (Å²) in [5, 5.41) is 0. The number of rotatable bonds is 4. The van der Waals surface area contributed by atoms with E-state index in [1.807, 2.05) is 24.3 Å². The van der Waals surface area contributed by atoms with E-state index in [9.17, 15) is 0 Å². The first-order valence-electron chi connectivity index (χ1n) is 7.18. The number of aryl methyl sites for hydroxylation is 1. The van der Waals surface area contributed by atoms with Crippen LogP contribution in [-0.4, -0.2) is 0 Å². The highest BCUT2D eigenvalue weighted by Crippen LogP contribution is 2.09. The van der Waals surface area contributed by atoms with Gasteiger partial charge in [0.2, 0.25) is 0 Å². The van der Waals surface area contributed by atoms with Gasteiger partial charge in [-0.25, -0.2) is 0 Å². The molecule has 0 heterocycles. The zero-order valence-electron chi connectivity index (χ0n) is 11.9. The molecule has 0 atom stereocenters. The average molecular weight is 280 g/mol. The van der Waals surface area contributed by atoms with Crippen LogP contribution in [0.25, 0.3) is 0 Å². The SMILES string of the molecule is CCCCCc1ccc(C#Cc2ccc(S)cc2)cc1. The van der Waals surface area contributed by atoms with Gasteiger partial charge in [-0.15, -0.1) is 12.6 Å². The molecule has 0 spiro atoms. The molecule has 0 unspecified atom stereocenters. The van der Waals surface area contributed by atoms with E-state index in [-0.39, 0.29) is 0 Å². The van der Waals surface area contributed by atoms with Crippen LogP contribution >= 0.6 is 12.6 Å². The Morgan fingerprint density at radius 3 is 1.90 bits per heavy atom. The summed E-state index contributed by atoms with van der Waals surface area (Å²) in [6.07, 6.45) is 5.03. The Morgan fingerprint density at radius 1 is 0.800 bits per heavy atom. The third-order valence-electron chi connectivity index (χ3n) is 3.24. The second-order valence-electron chi connectivity index (χ2n) is 4.95. The van der Waals surface area contributed by atoms with Crippen LogP contribution in [0.1, 0.15) is 42.9 Å². The second-order valence-corrected chi connectivity index (χ2v) is 5.47. The summed E-state index contributed by atoms with van der Waals surface area (Å²) in [6, 6.07) is 16.5. The summed E-state index contributed by atoms with van der Waals surface area (Å²) in [5.74, 6) is 6.38. The molecule has 20 heavy (non-hydrogen) atoms. The quantitative estimate of drug-likeness (QED) is 0.449. The molecular weight excluding hydrogens is 260 g/mol. The molecule has 0 aliphatic rings. The Bertz CT molecular complexity index is 582. The Kier molecular flexibility index (Phi) is 5.77. The van der Waals surface area contributed by atoms with Crippen LogP contribution in [0.3, 0.4) is 0 Å². The molecule has 1 heteroatoms. The van der Waals surface area contributed by atoms with Crippen LogP contribution in [0, 0.1) is 11.8 Å². The molecule has 0 aliphatic carbocycles. The highest BCUT2D eigenvalue weighted by Gasteiger charge is 1.93. The van der Waals surface area contributed by atoms with Gasteiger partial charge in [-0.2, -0.15) is 0 Å². The molecule has 0 fully saturated rings. The van der Waals surface area contributed by atoms with Gasteiger partial charge in [0.1, 0.15) is 0 Å². The topological polar surface area (TPSA) is 0 Å². The lowest BCUT2D eigenvalue weighted by atomic mass is 10.1. The maximum absolute atomic E-state index is 4.27. The molecule has 2 aromatic rings. The Hall–Kier alpha value is -1.65. The first kappa shape index (κ1) is 14.8. The average Bonchev–Trinajstić information content (AvgIpc) is 2.48. The van der Waals surface area contributed by atoms with Crippen LogP contribution in [0.4, 0.5) is 0 Å². The fourth-order valence-corrected chi connectivity index (χ4v) is 2.17. The molecule has 0 saturated carbocycles. The van der Waals surface area contributed by atoms with E-state index in [0.717, 1.165) is 16.0 Å². The Balaban J connectivity index is 1.98. The van der Waals surface area contributed by atoms with Crippen LogP contribution in [-0.2, 0) is 6.42 Å². The van der Waals surface area contributed by atoms with E-state index in [4.69, 9.17) is 0 Å². The lowest BCUT2D eigenvalue weighted by molar-refractivity contribution is 0.717. The van der Waals surface area contributed by atoms with E-state index in [2.05, 4.69) is 55.7 Å². The number of unbranched alkanes of at least 4 members (excludes halogenated alkanes) is 2. The second kappa shape index (κ2) is 7.82. The lowest BCUT2D eigenvalue weighted by Crippen LogP contribution is -1.85. The van der Waals surface area contributed by atoms with Crippen molar-refractivity contribution < 1.29 is 0 Å². The first-order valence-corrected chi connectivity index (χ1v) is 7.62. The molecule has 2 rings (SSSR count). The highest BCUT2D eigenvalue weighted by atomic mass is 32.1. The summed E-state index contributed by atoms with van der Waals surface area (Å²) in [7, 11) is 0. The number of hydrogen-bond acceptors (Lipinski definition) is 1. The van der Waals surface area contributed by atoms with Crippen molar-refractivity contribution in [3.63, 3.8) is 0 Å². The molecule has 102 valence electrons. The van der Waals surface area contributed by atoms with Gasteiger partial charge in [0.15, 0.2) is 0 Å². The minimum absolute atomic E-state index is 0.965. The summed E-state index contributed by atoms with van der Waals surface area (Å²) in [4.78, 5) is 0.965. The maximum atomic E-state index is 4.27. The molecule has 0 radical (unpaired) electrons. The lowest BCUT2D eigenvalue weighted by Gasteiger charge is -2.00. The molecule has 0 nitrogen and oxygen atoms in total. The van der Waals surface area contributed by atoms with Gasteiger partial charge < -0.3 is 0 Å². The summed E-state index contributed by atoms with van der Waals surface area (Å²) < 4.78 is 0. The van der Waals surface area contributed by atoms with Gasteiger partial charge in [-0.05, 0) is 54.8 Å². The van der Waals surface area contributed by atoms with E-state index >= 15 is 0 Å². The van der Waals surface area contributed by atoms with Crippen molar-refractivity contribution in [2.75, 3.05) is 0 Å². The smallest absolute Gasteiger partial charge is 0.0249 e. The van der Waals surface area contributed by atoms with Crippen molar-refractivity contribution in [2.45, 2.75) is 37.5 Å². The summed E-state index contributed by atoms with van der Waals surface area (Å²) >= 11 is 4.27. The Morgan fingerprint density at radius 2 is 1.35 bits per heavy atom. The highest BCUT2D eigenvalue weighted by molar-refractivity contribution is 7.80. The van der Waals surface area contributed by atoms with Gasteiger partial charge in [-0.1, -0.05) is 43.7 Å². The van der Waals surface area contributed by atoms with Crippen LogP contribution in [0.5, 0.6) is 0 Å². The summed E-state index contributed by atoms with van der Waals surface area (Å²) in [5.41, 5.74) is 3.50. The largest absolute Gasteiger partial charge is 0.143 e. The molecule has 0 aromatic heterocycles. The van der Waals surface area contributed by atoms with Gasteiger partial charge in [0.05, 0.1) is 0 Å². The van der Waals surface area contributed by atoms with E-state index in [1.54, 1.807) is 0 Å². The predicted octanol–water partition coefficient (Wildman–Crippen LogP) is 5.11. The van der Waals surface area contributed by atoms with Crippen LogP contribution in [0.2, 0.25) is 0 Å². The first-order chi connectivity index (χ1) is 9.78. The molecule has 0 saturated heterocycles. The maximum Gasteiger partial charge on any atom is 0.0249 e. The standard InChI is InChI=1S/C19H20S/c1-2-3-4-5-16-6-8-17(9-7-16)10-11-18-12-14-19(20)15-13-18/h6-9,12-15,20H,2-5H2,1H3. The van der Waals surface area contributed by atoms with Crippen LogP contribution < -0.4 is 0 Å². The zero-order chi connectivity index (χ0) is 14.2. The molecular formula is C19H20S. The number of thiol groups is 1. The molecule has 0 amide bonds. The van der Waals surface area contributed by atoms with Gasteiger partial charge in [-0.3, -0.25) is 0 Å². The minimum atomic E-state index is 0.965. The number of hydrogen-bond donors (Lipinski definition) is 1. The van der Waals surface area contributed by atoms with Gasteiger partial charge >= 0.3 is 0 Å². The van der Waals surface area contributed by atoms with Gasteiger partial charge in [0, 0.05) is 16.0 Å². The number of benzene rings is 2. The predicted molar refractivity (Wildman–Crippen MR) is 89.3 cm³/mol. The zero-order valence-corrected chi connectivity index (χ0v) is 12.8. The van der Waals surface area contributed by atoms with Crippen LogP contribution in [0.15, 0.2) is 53.4 Å².